The van der Waals surface area contributed by atoms with Crippen molar-refractivity contribution in [2.24, 2.45) is 0 Å². The van der Waals surface area contributed by atoms with E-state index in [1.54, 1.807) is 30.3 Å². The first-order valence-electron chi connectivity index (χ1n) is 13.8. The maximum Gasteiger partial charge on any atom is 0.349 e. The summed E-state index contributed by atoms with van der Waals surface area (Å²) in [5.41, 5.74) is 2.39. The van der Waals surface area contributed by atoms with Crippen LogP contribution in [0.1, 0.15) is 55.5 Å². The summed E-state index contributed by atoms with van der Waals surface area (Å²) in [5.74, 6) is -3.02. The fourth-order valence-corrected chi connectivity index (χ4v) is 4.14. The van der Waals surface area contributed by atoms with Crippen LogP contribution in [0.3, 0.4) is 0 Å². The molecule has 0 bridgehead atoms. The van der Waals surface area contributed by atoms with Crippen LogP contribution in [0, 0.1) is 0 Å². The minimum absolute atomic E-state index is 0.0181. The fourth-order valence-electron chi connectivity index (χ4n) is 4.14. The number of rotatable bonds is 10. The van der Waals surface area contributed by atoms with Gasteiger partial charge in [0.15, 0.2) is 11.5 Å². The highest BCUT2D eigenvalue weighted by atomic mass is 16.6. The lowest BCUT2D eigenvalue weighted by Gasteiger charge is -2.13. The number of amides is 1. The Labute approximate surface area is 259 Å². The summed E-state index contributed by atoms with van der Waals surface area (Å²) in [6, 6.07) is 22.4. The van der Waals surface area contributed by atoms with Gasteiger partial charge in [-0.15, -0.1) is 0 Å². The van der Waals surface area contributed by atoms with Gasteiger partial charge in [-0.2, -0.15) is 0 Å². The second kappa shape index (κ2) is 16.1. The van der Waals surface area contributed by atoms with Gasteiger partial charge in [-0.3, -0.25) is 9.59 Å². The molecule has 1 amide bonds. The number of hydrogen-bond donors (Lipinski definition) is 4. The predicted octanol–water partition coefficient (Wildman–Crippen LogP) is 5.63. The molecule has 4 rings (SSSR count). The number of para-hydroxylation sites is 1. The molecule has 0 atom stereocenters. The maximum atomic E-state index is 12.9. The zero-order chi connectivity index (χ0) is 32.9. The van der Waals surface area contributed by atoms with Gasteiger partial charge in [0.1, 0.15) is 17.1 Å². The number of phenolic OH excluding ortho intramolecular Hbond substituents is 2. The van der Waals surface area contributed by atoms with E-state index in [9.17, 15) is 19.2 Å². The minimum atomic E-state index is -0.950. The SMILES string of the molecule is CCc1ccccc1NC(=O)c1ccccc1C(=O)OC(=O)c1cc(OC)ccc1OC.O=C(O)CCc1ccc(O)c(O)c1. The van der Waals surface area contributed by atoms with E-state index in [4.69, 9.17) is 29.5 Å². The van der Waals surface area contributed by atoms with Crippen LogP contribution in [0.2, 0.25) is 0 Å². The van der Waals surface area contributed by atoms with Crippen molar-refractivity contribution in [1.29, 1.82) is 0 Å². The molecule has 4 N–H and O–H groups in total. The fraction of sp³-hybridized carbons (Fsp3) is 0.176. The molecule has 11 nitrogen and oxygen atoms in total. The number of carbonyl (C=O) groups is 4. The van der Waals surface area contributed by atoms with Crippen molar-refractivity contribution in [1.82, 2.24) is 0 Å². The normalized spacial score (nSPS) is 10.1. The Morgan fingerprint density at radius 2 is 1.40 bits per heavy atom. The van der Waals surface area contributed by atoms with E-state index >= 15 is 0 Å². The molecule has 0 spiro atoms. The lowest BCUT2D eigenvalue weighted by molar-refractivity contribution is -0.136. The van der Waals surface area contributed by atoms with Crippen molar-refractivity contribution >= 4 is 29.5 Å². The topological polar surface area (TPSA) is 169 Å². The van der Waals surface area contributed by atoms with Crippen molar-refractivity contribution in [3.8, 4) is 23.0 Å². The highest BCUT2D eigenvalue weighted by molar-refractivity contribution is 6.13. The van der Waals surface area contributed by atoms with Crippen LogP contribution in [0.4, 0.5) is 5.69 Å². The third-order valence-electron chi connectivity index (χ3n) is 6.52. The first-order chi connectivity index (χ1) is 21.6. The number of phenols is 2. The van der Waals surface area contributed by atoms with Crippen LogP contribution in [-0.4, -0.2) is 53.4 Å². The molecule has 45 heavy (non-hydrogen) atoms. The molecule has 0 saturated carbocycles. The number of carbonyl (C=O) groups excluding carboxylic acids is 3. The Kier molecular flexibility index (Phi) is 12.1. The Bertz CT molecular complexity index is 1680. The van der Waals surface area contributed by atoms with E-state index < -0.39 is 23.8 Å². The van der Waals surface area contributed by atoms with E-state index in [1.807, 2.05) is 25.1 Å². The van der Waals surface area contributed by atoms with Crippen LogP contribution < -0.4 is 14.8 Å². The van der Waals surface area contributed by atoms with E-state index in [1.165, 1.54) is 50.6 Å². The highest BCUT2D eigenvalue weighted by Crippen LogP contribution is 2.26. The number of nitrogens with one attached hydrogen (secondary N) is 1. The number of aryl methyl sites for hydroxylation is 2. The molecule has 0 aliphatic rings. The van der Waals surface area contributed by atoms with Crippen molar-refractivity contribution < 1.29 is 48.7 Å². The Balaban J connectivity index is 0.000000355. The molecular formula is C34H33NO10. The zero-order valence-corrected chi connectivity index (χ0v) is 24.9. The Hall–Kier alpha value is -5.84. The standard InChI is InChI=1S/C25H23NO6.C9H10O4/c1-4-16-9-5-8-12-21(16)26-23(27)18-10-6-7-11-19(18)24(28)32-25(29)20-15-17(30-2)13-14-22(20)31-3;10-7-3-1-6(5-8(7)11)2-4-9(12)13/h5-15H,4H2,1-3H3,(H,26,27);1,3,5,10-11H,2,4H2,(H,12,13). The number of methoxy groups -OCH3 is 2. The molecule has 0 heterocycles. The molecule has 0 radical (unpaired) electrons. The average molecular weight is 616 g/mol. The molecule has 0 saturated heterocycles. The summed E-state index contributed by atoms with van der Waals surface area (Å²) < 4.78 is 15.3. The van der Waals surface area contributed by atoms with E-state index in [0.717, 1.165) is 12.0 Å². The van der Waals surface area contributed by atoms with Crippen molar-refractivity contribution in [2.45, 2.75) is 26.2 Å². The summed E-state index contributed by atoms with van der Waals surface area (Å²) in [6.45, 7) is 1.98. The zero-order valence-electron chi connectivity index (χ0n) is 24.9. The number of ether oxygens (including phenoxy) is 3. The van der Waals surface area contributed by atoms with Gasteiger partial charge in [-0.25, -0.2) is 9.59 Å². The number of benzene rings is 4. The second-order valence-corrected chi connectivity index (χ2v) is 9.47. The predicted molar refractivity (Wildman–Crippen MR) is 165 cm³/mol. The van der Waals surface area contributed by atoms with E-state index in [0.29, 0.717) is 23.4 Å². The van der Waals surface area contributed by atoms with Gasteiger partial charge in [0.25, 0.3) is 5.91 Å². The number of aromatic hydroxyl groups is 2. The molecule has 234 valence electrons. The third-order valence-corrected chi connectivity index (χ3v) is 6.52. The number of hydrogen-bond acceptors (Lipinski definition) is 9. The van der Waals surface area contributed by atoms with Gasteiger partial charge in [0.05, 0.1) is 25.3 Å². The summed E-state index contributed by atoms with van der Waals surface area (Å²) in [4.78, 5) is 48.6. The molecule has 4 aromatic rings. The lowest BCUT2D eigenvalue weighted by Crippen LogP contribution is -2.20. The van der Waals surface area contributed by atoms with Crippen molar-refractivity contribution in [2.75, 3.05) is 19.5 Å². The average Bonchev–Trinajstić information content (AvgIpc) is 3.05. The highest BCUT2D eigenvalue weighted by Gasteiger charge is 2.24. The van der Waals surface area contributed by atoms with Crippen LogP contribution >= 0.6 is 0 Å². The van der Waals surface area contributed by atoms with Gasteiger partial charge in [-0.1, -0.05) is 43.3 Å². The van der Waals surface area contributed by atoms with Gasteiger partial charge in [-0.05, 0) is 72.5 Å². The first kappa shape index (κ1) is 33.7. The second-order valence-electron chi connectivity index (χ2n) is 9.47. The molecule has 0 aliphatic heterocycles. The van der Waals surface area contributed by atoms with E-state index in [-0.39, 0.29) is 40.4 Å². The maximum absolute atomic E-state index is 12.9. The monoisotopic (exact) mass is 615 g/mol. The summed E-state index contributed by atoms with van der Waals surface area (Å²) in [5, 5.41) is 29.2. The van der Waals surface area contributed by atoms with Gasteiger partial charge in [0.2, 0.25) is 0 Å². The minimum Gasteiger partial charge on any atom is -0.504 e. The van der Waals surface area contributed by atoms with Gasteiger partial charge < -0.3 is 34.8 Å². The molecule has 0 aromatic heterocycles. The van der Waals surface area contributed by atoms with Gasteiger partial charge >= 0.3 is 17.9 Å². The number of aliphatic carboxylic acids is 1. The summed E-state index contributed by atoms with van der Waals surface area (Å²) in [6.07, 6.45) is 1.10. The first-order valence-corrected chi connectivity index (χ1v) is 13.8. The molecular weight excluding hydrogens is 582 g/mol. The number of carboxylic acids is 1. The number of esters is 2. The van der Waals surface area contributed by atoms with Crippen LogP contribution in [-0.2, 0) is 22.4 Å². The molecule has 0 aliphatic carbocycles. The van der Waals surface area contributed by atoms with Crippen LogP contribution in [0.15, 0.2) is 84.9 Å². The summed E-state index contributed by atoms with van der Waals surface area (Å²) >= 11 is 0. The summed E-state index contributed by atoms with van der Waals surface area (Å²) in [7, 11) is 2.85. The lowest BCUT2D eigenvalue weighted by atomic mass is 10.1. The molecule has 0 unspecified atom stereocenters. The quantitative estimate of drug-likeness (QED) is 0.0996. The van der Waals surface area contributed by atoms with Crippen molar-refractivity contribution in [3.63, 3.8) is 0 Å². The smallest absolute Gasteiger partial charge is 0.349 e. The van der Waals surface area contributed by atoms with Gasteiger partial charge in [0, 0.05) is 12.1 Å². The molecule has 0 fully saturated rings. The van der Waals surface area contributed by atoms with Crippen LogP contribution in [0.5, 0.6) is 23.0 Å². The number of anilines is 1. The Morgan fingerprint density at radius 1 is 0.733 bits per heavy atom. The molecule has 4 aromatic carbocycles. The third kappa shape index (κ3) is 9.32. The van der Waals surface area contributed by atoms with Crippen molar-refractivity contribution in [3.05, 3.63) is 113 Å². The largest absolute Gasteiger partial charge is 0.504 e. The number of carboxylic acid groups (broad SMARTS) is 1. The molecule has 11 heteroatoms. The van der Waals surface area contributed by atoms with Crippen LogP contribution in [0.25, 0.3) is 0 Å². The van der Waals surface area contributed by atoms with E-state index in [2.05, 4.69) is 5.32 Å². The Morgan fingerprint density at radius 3 is 2.04 bits per heavy atom.